The molecule has 0 saturated carbocycles. The minimum Gasteiger partial charge on any atom is -0.467 e. The maximum absolute atomic E-state index is 13.0. The van der Waals surface area contributed by atoms with Crippen LogP contribution >= 0.6 is 0 Å². The second kappa shape index (κ2) is 8.33. The summed E-state index contributed by atoms with van der Waals surface area (Å²) in [4.78, 5) is 31.6. The Morgan fingerprint density at radius 3 is 2.41 bits per heavy atom. The zero-order valence-electron chi connectivity index (χ0n) is 15.8. The number of hydrogen-bond acceptors (Lipinski definition) is 5. The van der Waals surface area contributed by atoms with Crippen molar-refractivity contribution in [2.75, 3.05) is 20.8 Å². The molecule has 1 amide bonds. The monoisotopic (exact) mass is 368 g/mol. The normalized spacial score (nSPS) is 19.1. The van der Waals surface area contributed by atoms with Crippen molar-refractivity contribution in [3.63, 3.8) is 0 Å². The second-order valence-corrected chi connectivity index (χ2v) is 6.64. The van der Waals surface area contributed by atoms with Crippen molar-refractivity contribution in [2.45, 2.75) is 25.4 Å². The lowest BCUT2D eigenvalue weighted by Gasteiger charge is -2.22. The molecule has 27 heavy (non-hydrogen) atoms. The van der Waals surface area contributed by atoms with Crippen LogP contribution in [-0.2, 0) is 14.4 Å². The summed E-state index contributed by atoms with van der Waals surface area (Å²) < 4.78 is 4.87. The largest absolute Gasteiger partial charge is 0.467 e. The van der Waals surface area contributed by atoms with E-state index in [2.05, 4.69) is 24.5 Å². The fraction of sp³-hybridized carbons (Fsp3) is 0.333. The molecule has 3 rings (SSSR count). The van der Waals surface area contributed by atoms with E-state index in [0.717, 1.165) is 11.1 Å². The van der Waals surface area contributed by atoms with Crippen LogP contribution in [0.4, 0.5) is 0 Å². The number of ether oxygens (including phenoxy) is 1. The van der Waals surface area contributed by atoms with Gasteiger partial charge in [-0.1, -0.05) is 36.4 Å². The van der Waals surface area contributed by atoms with Crippen molar-refractivity contribution in [3.05, 3.63) is 59.7 Å². The third-order valence-electron chi connectivity index (χ3n) is 4.91. The highest BCUT2D eigenvalue weighted by Gasteiger charge is 2.40. The average Bonchev–Trinajstić information content (AvgIpc) is 3.11. The van der Waals surface area contributed by atoms with Gasteiger partial charge in [-0.25, -0.2) is 4.79 Å². The molecule has 0 aromatic heterocycles. The maximum atomic E-state index is 13.0. The molecule has 2 unspecified atom stereocenters. The van der Waals surface area contributed by atoms with Crippen molar-refractivity contribution >= 4 is 11.9 Å². The van der Waals surface area contributed by atoms with E-state index in [0.29, 0.717) is 18.5 Å². The fourth-order valence-electron chi connectivity index (χ4n) is 3.53. The summed E-state index contributed by atoms with van der Waals surface area (Å²) in [7, 11) is 2.85. The lowest BCUT2D eigenvalue weighted by molar-refractivity contribution is -0.145. The van der Waals surface area contributed by atoms with Crippen LogP contribution in [0.1, 0.15) is 22.3 Å². The molecule has 0 bridgehead atoms. The topological polar surface area (TPSA) is 67.9 Å². The molecule has 1 saturated heterocycles. The van der Waals surface area contributed by atoms with Gasteiger partial charge in [0.2, 0.25) is 0 Å². The molecule has 0 radical (unpaired) electrons. The maximum Gasteiger partial charge on any atom is 0.328 e. The summed E-state index contributed by atoms with van der Waals surface area (Å²) in [6.07, 6.45) is 0.452. The van der Waals surface area contributed by atoms with Gasteiger partial charge in [0.1, 0.15) is 6.04 Å². The Hall–Kier alpha value is -2.70. The standard InChI is InChI=1S/C21H24N2O4/c1-14-6-4-5-7-18(14)15-8-10-16(11-9-15)20(24)23-13-17(22-27-3)12-19(23)21(25)26-2/h4-11,17,19,22H,12-13H2,1-3H3. The number of hydroxylamine groups is 1. The van der Waals surface area contributed by atoms with E-state index in [1.165, 1.54) is 19.8 Å². The molecule has 1 heterocycles. The number of nitrogens with zero attached hydrogens (tertiary/aromatic N) is 1. The van der Waals surface area contributed by atoms with Crippen LogP contribution in [0.15, 0.2) is 48.5 Å². The van der Waals surface area contributed by atoms with E-state index < -0.39 is 12.0 Å². The van der Waals surface area contributed by atoms with Gasteiger partial charge in [-0.05, 0) is 42.2 Å². The zero-order valence-corrected chi connectivity index (χ0v) is 15.8. The van der Waals surface area contributed by atoms with Crippen LogP contribution in [0, 0.1) is 6.92 Å². The average molecular weight is 368 g/mol. The van der Waals surface area contributed by atoms with Crippen LogP contribution in [0.3, 0.4) is 0 Å². The van der Waals surface area contributed by atoms with Crippen molar-refractivity contribution in [2.24, 2.45) is 0 Å². The fourth-order valence-corrected chi connectivity index (χ4v) is 3.53. The molecule has 1 N–H and O–H groups in total. The quantitative estimate of drug-likeness (QED) is 0.649. The van der Waals surface area contributed by atoms with Gasteiger partial charge in [0.25, 0.3) is 5.91 Å². The van der Waals surface area contributed by atoms with Crippen molar-refractivity contribution in [1.82, 2.24) is 10.4 Å². The van der Waals surface area contributed by atoms with E-state index in [1.54, 1.807) is 17.0 Å². The molecule has 0 aliphatic carbocycles. The summed E-state index contributed by atoms with van der Waals surface area (Å²) in [6, 6.07) is 14.8. The summed E-state index contributed by atoms with van der Waals surface area (Å²) in [6.45, 7) is 2.44. The number of nitrogens with one attached hydrogen (secondary N) is 1. The predicted octanol–water partition coefficient (Wildman–Crippen LogP) is 2.57. The number of rotatable bonds is 5. The highest BCUT2D eigenvalue weighted by Crippen LogP contribution is 2.26. The van der Waals surface area contributed by atoms with Gasteiger partial charge >= 0.3 is 5.97 Å². The summed E-state index contributed by atoms with van der Waals surface area (Å²) in [5.41, 5.74) is 6.73. The van der Waals surface area contributed by atoms with Crippen LogP contribution in [0.25, 0.3) is 11.1 Å². The van der Waals surface area contributed by atoms with Gasteiger partial charge in [0.15, 0.2) is 0 Å². The number of likely N-dealkylation sites (tertiary alicyclic amines) is 1. The van der Waals surface area contributed by atoms with Crippen LogP contribution in [0.5, 0.6) is 0 Å². The highest BCUT2D eigenvalue weighted by molar-refractivity contribution is 5.97. The van der Waals surface area contributed by atoms with Gasteiger partial charge in [0.05, 0.1) is 20.3 Å². The van der Waals surface area contributed by atoms with Crippen molar-refractivity contribution < 1.29 is 19.2 Å². The summed E-state index contributed by atoms with van der Waals surface area (Å²) in [5.74, 6) is -0.609. The van der Waals surface area contributed by atoms with Crippen LogP contribution in [0.2, 0.25) is 0 Å². The van der Waals surface area contributed by atoms with Crippen LogP contribution < -0.4 is 5.48 Å². The SMILES string of the molecule is CONC1CC(C(=O)OC)N(C(=O)c2ccc(-c3ccccc3C)cc2)C1. The van der Waals surface area contributed by atoms with Gasteiger partial charge in [-0.15, -0.1) is 0 Å². The van der Waals surface area contributed by atoms with Crippen molar-refractivity contribution in [1.29, 1.82) is 0 Å². The van der Waals surface area contributed by atoms with E-state index >= 15 is 0 Å². The minimum atomic E-state index is -0.619. The van der Waals surface area contributed by atoms with Crippen molar-refractivity contribution in [3.8, 4) is 11.1 Å². The zero-order chi connectivity index (χ0) is 19.4. The third kappa shape index (κ3) is 4.02. The first-order valence-electron chi connectivity index (χ1n) is 8.88. The molecule has 2 aromatic rings. The number of aryl methyl sites for hydroxylation is 1. The molecule has 2 aromatic carbocycles. The number of methoxy groups -OCH3 is 1. The Balaban J connectivity index is 1.82. The molecular formula is C21H24N2O4. The first-order chi connectivity index (χ1) is 13.0. The highest BCUT2D eigenvalue weighted by atomic mass is 16.6. The lowest BCUT2D eigenvalue weighted by Crippen LogP contribution is -2.41. The Bertz CT molecular complexity index is 819. The Morgan fingerprint density at radius 1 is 1.07 bits per heavy atom. The summed E-state index contributed by atoms with van der Waals surface area (Å²) >= 11 is 0. The number of amides is 1. The lowest BCUT2D eigenvalue weighted by atomic mass is 9.99. The molecule has 1 fully saturated rings. The Labute approximate surface area is 159 Å². The Morgan fingerprint density at radius 2 is 1.78 bits per heavy atom. The molecule has 1 aliphatic rings. The molecular weight excluding hydrogens is 344 g/mol. The molecule has 1 aliphatic heterocycles. The van der Waals surface area contributed by atoms with E-state index in [-0.39, 0.29) is 11.9 Å². The number of esters is 1. The van der Waals surface area contributed by atoms with Crippen LogP contribution in [-0.4, -0.2) is 49.6 Å². The van der Waals surface area contributed by atoms with E-state index in [1.807, 2.05) is 24.3 Å². The van der Waals surface area contributed by atoms with Gasteiger partial charge in [-0.3, -0.25) is 4.79 Å². The van der Waals surface area contributed by atoms with Gasteiger partial charge in [-0.2, -0.15) is 5.48 Å². The van der Waals surface area contributed by atoms with Gasteiger partial charge in [0, 0.05) is 12.1 Å². The Kier molecular flexibility index (Phi) is 5.88. The number of hydrogen-bond donors (Lipinski definition) is 1. The predicted molar refractivity (Wildman–Crippen MR) is 102 cm³/mol. The molecule has 142 valence electrons. The number of benzene rings is 2. The number of carbonyl (C=O) groups excluding carboxylic acids is 2. The molecule has 2 atom stereocenters. The molecule has 0 spiro atoms. The minimum absolute atomic E-state index is 0.116. The number of carbonyl (C=O) groups is 2. The van der Waals surface area contributed by atoms with E-state index in [9.17, 15) is 9.59 Å². The first kappa shape index (κ1) is 19.1. The van der Waals surface area contributed by atoms with E-state index in [4.69, 9.17) is 9.57 Å². The molecule has 6 nitrogen and oxygen atoms in total. The summed E-state index contributed by atoms with van der Waals surface area (Å²) in [5, 5.41) is 0. The second-order valence-electron chi connectivity index (χ2n) is 6.64. The smallest absolute Gasteiger partial charge is 0.328 e. The first-order valence-corrected chi connectivity index (χ1v) is 8.88. The molecule has 6 heteroatoms. The van der Waals surface area contributed by atoms with Gasteiger partial charge < -0.3 is 14.5 Å². The third-order valence-corrected chi connectivity index (χ3v) is 4.91.